The van der Waals surface area contributed by atoms with E-state index in [0.717, 1.165) is 4.47 Å². The molecule has 1 N–H and O–H groups in total. The van der Waals surface area contributed by atoms with Gasteiger partial charge in [-0.2, -0.15) is 5.10 Å². The topological polar surface area (TPSA) is 38.0 Å². The fourth-order valence-corrected chi connectivity index (χ4v) is 2.61. The molecule has 2 aromatic rings. The summed E-state index contributed by atoms with van der Waals surface area (Å²) in [6.07, 6.45) is 0.625. The van der Waals surface area contributed by atoms with Crippen LogP contribution in [0.15, 0.2) is 28.9 Å². The molecule has 1 atom stereocenters. The minimum absolute atomic E-state index is 0.431. The van der Waals surface area contributed by atoms with E-state index in [1.54, 1.807) is 16.8 Å². The van der Waals surface area contributed by atoms with Crippen LogP contribution in [0.3, 0.4) is 0 Å². The zero-order chi connectivity index (χ0) is 13.3. The lowest BCUT2D eigenvalue weighted by Gasteiger charge is -2.15. The van der Waals surface area contributed by atoms with E-state index in [0.29, 0.717) is 27.8 Å². The number of aliphatic hydroxyl groups is 1. The van der Waals surface area contributed by atoms with Crippen molar-refractivity contribution in [1.29, 1.82) is 0 Å². The first-order valence-electron chi connectivity index (χ1n) is 5.38. The highest BCUT2D eigenvalue weighted by atomic mass is 79.9. The van der Waals surface area contributed by atoms with E-state index in [4.69, 9.17) is 23.2 Å². The van der Waals surface area contributed by atoms with Gasteiger partial charge in [0.15, 0.2) is 0 Å². The Bertz CT molecular complexity index is 571. The van der Waals surface area contributed by atoms with Crippen molar-refractivity contribution >= 4 is 39.1 Å². The molecule has 96 valence electrons. The summed E-state index contributed by atoms with van der Waals surface area (Å²) >= 11 is 15.5. The first-order chi connectivity index (χ1) is 8.54. The summed E-state index contributed by atoms with van der Waals surface area (Å²) < 4.78 is 2.50. The first-order valence-corrected chi connectivity index (χ1v) is 6.93. The van der Waals surface area contributed by atoms with Crippen LogP contribution in [0.1, 0.15) is 24.3 Å². The van der Waals surface area contributed by atoms with Crippen LogP contribution in [0.25, 0.3) is 0 Å². The second-order valence-electron chi connectivity index (χ2n) is 3.76. The van der Waals surface area contributed by atoms with Crippen molar-refractivity contribution in [2.75, 3.05) is 0 Å². The lowest BCUT2D eigenvalue weighted by atomic mass is 10.1. The summed E-state index contributed by atoms with van der Waals surface area (Å²) in [6.45, 7) is 2.56. The van der Waals surface area contributed by atoms with Gasteiger partial charge in [0, 0.05) is 21.6 Å². The third-order valence-corrected chi connectivity index (χ3v) is 3.77. The normalized spacial score (nSPS) is 12.7. The number of aliphatic hydroxyl groups excluding tert-OH is 1. The van der Waals surface area contributed by atoms with Crippen molar-refractivity contribution in [3.63, 3.8) is 0 Å². The Morgan fingerprint density at radius 1 is 1.39 bits per heavy atom. The monoisotopic (exact) mass is 348 g/mol. The Morgan fingerprint density at radius 3 is 2.78 bits per heavy atom. The van der Waals surface area contributed by atoms with E-state index in [2.05, 4.69) is 21.0 Å². The molecule has 1 unspecified atom stereocenters. The van der Waals surface area contributed by atoms with Crippen LogP contribution in [0, 0.1) is 0 Å². The number of aromatic nitrogens is 2. The maximum atomic E-state index is 10.4. The zero-order valence-electron chi connectivity index (χ0n) is 9.57. The summed E-state index contributed by atoms with van der Waals surface area (Å²) in [4.78, 5) is 0. The van der Waals surface area contributed by atoms with E-state index in [1.165, 1.54) is 6.20 Å². The fourth-order valence-electron chi connectivity index (χ4n) is 1.77. The van der Waals surface area contributed by atoms with Crippen LogP contribution in [-0.2, 0) is 6.54 Å². The number of aryl methyl sites for hydroxylation is 1. The molecule has 0 saturated heterocycles. The van der Waals surface area contributed by atoms with Gasteiger partial charge in [0.05, 0.1) is 16.9 Å². The lowest BCUT2D eigenvalue weighted by molar-refractivity contribution is 0.208. The van der Waals surface area contributed by atoms with E-state index >= 15 is 0 Å². The third kappa shape index (κ3) is 2.57. The van der Waals surface area contributed by atoms with Crippen LogP contribution < -0.4 is 0 Å². The lowest BCUT2D eigenvalue weighted by Crippen LogP contribution is -2.10. The Hall–Kier alpha value is -0.550. The van der Waals surface area contributed by atoms with Crippen molar-refractivity contribution in [3.05, 3.63) is 50.2 Å². The fraction of sp³-hybridized carbons (Fsp3) is 0.250. The van der Waals surface area contributed by atoms with Crippen LogP contribution in [0.4, 0.5) is 0 Å². The summed E-state index contributed by atoms with van der Waals surface area (Å²) in [5.41, 5.74) is 1.15. The van der Waals surface area contributed by atoms with E-state index in [9.17, 15) is 5.11 Å². The quantitative estimate of drug-likeness (QED) is 0.907. The number of benzene rings is 1. The maximum absolute atomic E-state index is 10.4. The number of hydrogen-bond donors (Lipinski definition) is 1. The Labute approximate surface area is 123 Å². The van der Waals surface area contributed by atoms with Gasteiger partial charge in [-0.3, -0.25) is 4.68 Å². The van der Waals surface area contributed by atoms with Crippen LogP contribution >= 0.6 is 39.1 Å². The average Bonchev–Trinajstić information content (AvgIpc) is 2.72. The minimum Gasteiger partial charge on any atom is -0.382 e. The van der Waals surface area contributed by atoms with Crippen LogP contribution in [-0.4, -0.2) is 14.9 Å². The molecule has 0 fully saturated rings. The standard InChI is InChI=1S/C12H11BrCl2N2O/c1-2-17-11(10(15)6-16-17)12(18)8-5-7(13)3-4-9(8)14/h3-6,12,18H,2H2,1H3. The van der Waals surface area contributed by atoms with Gasteiger partial charge in [0.25, 0.3) is 0 Å². The van der Waals surface area contributed by atoms with E-state index in [1.807, 2.05) is 13.0 Å². The van der Waals surface area contributed by atoms with Gasteiger partial charge in [0.1, 0.15) is 6.10 Å². The maximum Gasteiger partial charge on any atom is 0.124 e. The highest BCUT2D eigenvalue weighted by Gasteiger charge is 2.21. The smallest absolute Gasteiger partial charge is 0.124 e. The highest BCUT2D eigenvalue weighted by Crippen LogP contribution is 2.33. The first kappa shape index (κ1) is 13.9. The van der Waals surface area contributed by atoms with Gasteiger partial charge in [0.2, 0.25) is 0 Å². The largest absolute Gasteiger partial charge is 0.382 e. The molecule has 2 rings (SSSR count). The Balaban J connectivity index is 2.50. The van der Waals surface area contributed by atoms with Gasteiger partial charge in [-0.1, -0.05) is 39.1 Å². The molecule has 6 heteroatoms. The molecule has 0 aliphatic heterocycles. The van der Waals surface area contributed by atoms with Crippen molar-refractivity contribution < 1.29 is 5.11 Å². The molecule has 0 saturated carbocycles. The molecule has 1 aromatic heterocycles. The van der Waals surface area contributed by atoms with Crippen molar-refractivity contribution in [1.82, 2.24) is 9.78 Å². The van der Waals surface area contributed by atoms with Crippen LogP contribution in [0.2, 0.25) is 10.0 Å². The molecule has 0 aliphatic carbocycles. The molecule has 0 aliphatic rings. The zero-order valence-corrected chi connectivity index (χ0v) is 12.7. The highest BCUT2D eigenvalue weighted by molar-refractivity contribution is 9.10. The molecule has 1 heterocycles. The van der Waals surface area contributed by atoms with Crippen molar-refractivity contribution in [2.24, 2.45) is 0 Å². The molecule has 0 radical (unpaired) electrons. The second kappa shape index (κ2) is 5.61. The van der Waals surface area contributed by atoms with Gasteiger partial charge in [-0.15, -0.1) is 0 Å². The minimum atomic E-state index is -0.898. The SMILES string of the molecule is CCn1ncc(Cl)c1C(O)c1cc(Br)ccc1Cl. The molecule has 0 spiro atoms. The summed E-state index contributed by atoms with van der Waals surface area (Å²) in [5.74, 6) is 0. The molecular formula is C12H11BrCl2N2O. The number of halogens is 3. The second-order valence-corrected chi connectivity index (χ2v) is 5.49. The van der Waals surface area contributed by atoms with E-state index < -0.39 is 6.10 Å². The van der Waals surface area contributed by atoms with Crippen molar-refractivity contribution in [2.45, 2.75) is 19.6 Å². The van der Waals surface area contributed by atoms with Gasteiger partial charge in [-0.05, 0) is 25.1 Å². The van der Waals surface area contributed by atoms with Crippen LogP contribution in [0.5, 0.6) is 0 Å². The Morgan fingerprint density at radius 2 is 2.11 bits per heavy atom. The summed E-state index contributed by atoms with van der Waals surface area (Å²) in [7, 11) is 0. The van der Waals surface area contributed by atoms with E-state index in [-0.39, 0.29) is 0 Å². The number of nitrogens with zero attached hydrogens (tertiary/aromatic N) is 2. The number of hydrogen-bond acceptors (Lipinski definition) is 2. The molecule has 18 heavy (non-hydrogen) atoms. The molecular weight excluding hydrogens is 339 g/mol. The predicted molar refractivity (Wildman–Crippen MR) is 76.1 cm³/mol. The predicted octanol–water partition coefficient (Wildman–Crippen LogP) is 4.05. The van der Waals surface area contributed by atoms with Gasteiger partial charge < -0.3 is 5.11 Å². The van der Waals surface area contributed by atoms with Gasteiger partial charge in [-0.25, -0.2) is 0 Å². The summed E-state index contributed by atoms with van der Waals surface area (Å²) in [6, 6.07) is 5.32. The number of rotatable bonds is 3. The van der Waals surface area contributed by atoms with Crippen molar-refractivity contribution in [3.8, 4) is 0 Å². The molecule has 1 aromatic carbocycles. The average molecular weight is 350 g/mol. The molecule has 0 amide bonds. The molecule has 0 bridgehead atoms. The van der Waals surface area contributed by atoms with Gasteiger partial charge >= 0.3 is 0 Å². The Kier molecular flexibility index (Phi) is 4.33. The molecule has 3 nitrogen and oxygen atoms in total. The summed E-state index contributed by atoms with van der Waals surface area (Å²) in [5, 5.41) is 15.5. The third-order valence-electron chi connectivity index (χ3n) is 2.64.